The second-order valence-electron chi connectivity index (χ2n) is 7.54. The van der Waals surface area contributed by atoms with Gasteiger partial charge in [0.25, 0.3) is 5.91 Å². The van der Waals surface area contributed by atoms with Crippen LogP contribution in [-0.4, -0.2) is 38.3 Å². The van der Waals surface area contributed by atoms with Gasteiger partial charge < -0.3 is 9.64 Å². The van der Waals surface area contributed by atoms with Gasteiger partial charge in [-0.2, -0.15) is 0 Å². The Morgan fingerprint density at radius 2 is 1.67 bits per heavy atom. The summed E-state index contributed by atoms with van der Waals surface area (Å²) in [7, 11) is -4.01. The van der Waals surface area contributed by atoms with Gasteiger partial charge in [-0.05, 0) is 56.4 Å². The van der Waals surface area contributed by atoms with Crippen LogP contribution >= 0.6 is 0 Å². The fraction of sp³-hybridized carbons (Fsp3) is 0.364. The molecule has 2 aromatic carbocycles. The van der Waals surface area contributed by atoms with E-state index in [0.29, 0.717) is 29.8 Å². The highest BCUT2D eigenvalue weighted by Crippen LogP contribution is 2.26. The number of nitrogens with two attached hydrogens (primary N) is 1. The number of benzene rings is 2. The molecule has 160 valence electrons. The minimum atomic E-state index is -4.01. The first kappa shape index (κ1) is 22.0. The Morgan fingerprint density at radius 3 is 2.27 bits per heavy atom. The first-order chi connectivity index (χ1) is 14.2. The van der Waals surface area contributed by atoms with Gasteiger partial charge in [0.15, 0.2) is 0 Å². The number of sulfonamides is 1. The van der Waals surface area contributed by atoms with Crippen molar-refractivity contribution < 1.29 is 22.7 Å². The first-order valence-electron chi connectivity index (χ1n) is 9.87. The van der Waals surface area contributed by atoms with Gasteiger partial charge >= 0.3 is 5.97 Å². The third kappa shape index (κ3) is 4.88. The van der Waals surface area contributed by atoms with Crippen LogP contribution in [0, 0.1) is 13.8 Å². The number of hydrogen-bond donors (Lipinski definition) is 1. The fourth-order valence-corrected chi connectivity index (χ4v) is 4.46. The van der Waals surface area contributed by atoms with E-state index in [1.165, 1.54) is 6.07 Å². The third-order valence-electron chi connectivity index (χ3n) is 5.38. The van der Waals surface area contributed by atoms with Crippen molar-refractivity contribution in [3.05, 3.63) is 64.7 Å². The molecule has 1 amide bonds. The minimum Gasteiger partial charge on any atom is -0.444 e. The summed E-state index contributed by atoms with van der Waals surface area (Å²) in [5.41, 5.74) is 1.66. The highest BCUT2D eigenvalue weighted by atomic mass is 32.2. The molecule has 2 N–H and O–H groups in total. The second-order valence-corrected chi connectivity index (χ2v) is 9.07. The number of carbonyl (C=O) groups excluding carboxylic acids is 2. The number of esters is 1. The van der Waals surface area contributed by atoms with Crippen LogP contribution < -0.4 is 5.14 Å². The minimum absolute atomic E-state index is 0.0366. The molecule has 1 fully saturated rings. The van der Waals surface area contributed by atoms with E-state index in [-0.39, 0.29) is 16.4 Å². The molecular weight excluding hydrogens is 404 g/mol. The molecule has 0 radical (unpaired) electrons. The molecule has 0 aromatic heterocycles. The normalized spacial score (nSPS) is 15.5. The van der Waals surface area contributed by atoms with Crippen molar-refractivity contribution in [1.29, 1.82) is 0 Å². The lowest BCUT2D eigenvalue weighted by Crippen LogP contribution is -2.40. The molecule has 0 aliphatic carbocycles. The average Bonchev–Trinajstić information content (AvgIpc) is 2.73. The Bertz CT molecular complexity index is 1040. The number of aryl methyl sites for hydroxylation is 1. The Labute approximate surface area is 176 Å². The zero-order valence-corrected chi connectivity index (χ0v) is 17.9. The summed E-state index contributed by atoms with van der Waals surface area (Å²) >= 11 is 0. The van der Waals surface area contributed by atoms with Gasteiger partial charge in [0.05, 0.1) is 10.5 Å². The maximum absolute atomic E-state index is 13.1. The lowest BCUT2D eigenvalue weighted by atomic mass is 10.0. The predicted octanol–water partition coefficient (Wildman–Crippen LogP) is 2.86. The van der Waals surface area contributed by atoms with Crippen LogP contribution in [0.25, 0.3) is 0 Å². The van der Waals surface area contributed by atoms with Gasteiger partial charge in [-0.3, -0.25) is 4.79 Å². The fourth-order valence-electron chi connectivity index (χ4n) is 3.58. The lowest BCUT2D eigenvalue weighted by molar-refractivity contribution is -0.142. The van der Waals surface area contributed by atoms with Crippen LogP contribution in [0.2, 0.25) is 0 Å². The molecule has 1 unspecified atom stereocenters. The van der Waals surface area contributed by atoms with Crippen molar-refractivity contribution in [2.45, 2.75) is 44.1 Å². The molecule has 8 heteroatoms. The van der Waals surface area contributed by atoms with Gasteiger partial charge in [-0.25, -0.2) is 18.4 Å². The number of primary sulfonamides is 1. The van der Waals surface area contributed by atoms with Crippen LogP contribution in [0.4, 0.5) is 0 Å². The summed E-state index contributed by atoms with van der Waals surface area (Å²) in [5.74, 6) is -1.05. The number of likely N-dealkylation sites (tertiary alicyclic amines) is 1. The molecule has 7 nitrogen and oxygen atoms in total. The van der Waals surface area contributed by atoms with E-state index in [1.807, 2.05) is 6.07 Å². The Balaban J connectivity index is 1.94. The predicted molar refractivity (Wildman–Crippen MR) is 112 cm³/mol. The van der Waals surface area contributed by atoms with Crippen LogP contribution in [0.15, 0.2) is 47.4 Å². The molecule has 0 saturated carbocycles. The van der Waals surface area contributed by atoms with E-state index in [1.54, 1.807) is 49.1 Å². The Hall–Kier alpha value is -2.71. The zero-order chi connectivity index (χ0) is 21.9. The summed E-state index contributed by atoms with van der Waals surface area (Å²) < 4.78 is 29.4. The van der Waals surface area contributed by atoms with Gasteiger partial charge in [0.1, 0.15) is 0 Å². The van der Waals surface area contributed by atoms with Gasteiger partial charge in [-0.15, -0.1) is 0 Å². The Kier molecular flexibility index (Phi) is 6.58. The number of ether oxygens (including phenoxy) is 1. The topological polar surface area (TPSA) is 107 Å². The SMILES string of the molecule is Cc1cc(C(=O)OC(C(=O)N2CCCCC2)c2ccccc2)cc(S(N)(=O)=O)c1C. The van der Waals surface area contributed by atoms with Crippen LogP contribution in [-0.2, 0) is 19.6 Å². The van der Waals surface area contributed by atoms with Crippen LogP contribution in [0.5, 0.6) is 0 Å². The van der Waals surface area contributed by atoms with E-state index in [9.17, 15) is 18.0 Å². The van der Waals surface area contributed by atoms with Crippen molar-refractivity contribution in [3.8, 4) is 0 Å². The largest absolute Gasteiger partial charge is 0.444 e. The molecule has 2 aromatic rings. The molecule has 3 rings (SSSR count). The molecule has 0 spiro atoms. The van der Waals surface area contributed by atoms with Crippen molar-refractivity contribution in [2.75, 3.05) is 13.1 Å². The van der Waals surface area contributed by atoms with Gasteiger partial charge in [0.2, 0.25) is 16.1 Å². The highest BCUT2D eigenvalue weighted by molar-refractivity contribution is 7.89. The van der Waals surface area contributed by atoms with Crippen LogP contribution in [0.1, 0.15) is 52.4 Å². The average molecular weight is 431 g/mol. The highest BCUT2D eigenvalue weighted by Gasteiger charge is 2.31. The first-order valence-corrected chi connectivity index (χ1v) is 11.4. The van der Waals surface area contributed by atoms with Gasteiger partial charge in [0, 0.05) is 18.7 Å². The molecular formula is C22H26N2O5S. The maximum Gasteiger partial charge on any atom is 0.339 e. The molecule has 0 bridgehead atoms. The zero-order valence-electron chi connectivity index (χ0n) is 17.1. The number of piperidine rings is 1. The molecule has 1 aliphatic rings. The summed E-state index contributed by atoms with van der Waals surface area (Å²) in [6.45, 7) is 4.56. The lowest BCUT2D eigenvalue weighted by Gasteiger charge is -2.30. The molecule has 1 saturated heterocycles. The number of amides is 1. The van der Waals surface area contributed by atoms with Crippen molar-refractivity contribution >= 4 is 21.9 Å². The molecule has 1 aliphatic heterocycles. The number of rotatable bonds is 5. The summed E-state index contributed by atoms with van der Waals surface area (Å²) in [6, 6.07) is 11.6. The summed E-state index contributed by atoms with van der Waals surface area (Å²) in [6.07, 6.45) is 1.79. The standard InChI is InChI=1S/C22H26N2O5S/c1-15-13-18(14-19(16(15)2)30(23,27)28)22(26)29-20(17-9-5-3-6-10-17)21(25)24-11-7-4-8-12-24/h3,5-6,9-10,13-14,20H,4,7-8,11-12H2,1-2H3,(H2,23,27,28). The summed E-state index contributed by atoms with van der Waals surface area (Å²) in [4.78, 5) is 27.7. The quantitative estimate of drug-likeness (QED) is 0.734. The Morgan fingerprint density at radius 1 is 1.03 bits per heavy atom. The monoisotopic (exact) mass is 430 g/mol. The maximum atomic E-state index is 13.1. The van der Waals surface area contributed by atoms with Crippen molar-refractivity contribution in [2.24, 2.45) is 5.14 Å². The summed E-state index contributed by atoms with van der Waals surface area (Å²) in [5, 5.41) is 5.29. The van der Waals surface area contributed by atoms with Gasteiger partial charge in [-0.1, -0.05) is 30.3 Å². The molecule has 1 atom stereocenters. The van der Waals surface area contributed by atoms with E-state index in [4.69, 9.17) is 9.88 Å². The third-order valence-corrected chi connectivity index (χ3v) is 6.42. The van der Waals surface area contributed by atoms with Crippen molar-refractivity contribution in [1.82, 2.24) is 4.90 Å². The van der Waals surface area contributed by atoms with Crippen molar-refractivity contribution in [3.63, 3.8) is 0 Å². The second kappa shape index (κ2) is 8.97. The van der Waals surface area contributed by atoms with Crippen LogP contribution in [0.3, 0.4) is 0 Å². The van der Waals surface area contributed by atoms with E-state index < -0.39 is 22.1 Å². The number of hydrogen-bond acceptors (Lipinski definition) is 5. The van der Waals surface area contributed by atoms with E-state index in [2.05, 4.69) is 0 Å². The molecule has 1 heterocycles. The molecule has 30 heavy (non-hydrogen) atoms. The number of carbonyl (C=O) groups is 2. The van der Waals surface area contributed by atoms with E-state index in [0.717, 1.165) is 19.3 Å². The van der Waals surface area contributed by atoms with E-state index >= 15 is 0 Å². The number of nitrogens with zero attached hydrogens (tertiary/aromatic N) is 1. The smallest absolute Gasteiger partial charge is 0.339 e.